The third-order valence-corrected chi connectivity index (χ3v) is 13.1. The predicted molar refractivity (Wildman–Crippen MR) is 229 cm³/mol. The van der Waals surface area contributed by atoms with Crippen molar-refractivity contribution in [2.45, 2.75) is 72.9 Å². The van der Waals surface area contributed by atoms with Gasteiger partial charge in [-0.3, -0.25) is 9.48 Å². The number of carboxylic acid groups (broad SMARTS) is 1. The standard InChI is InChI=1S/C45H50Cl2N6O4/c1-25-20-31(21-26(2)40(25)47)57-19-9-11-32-34-13-14-36(46)39(38-28(4)48-52(29(38)5)23-30-15-17-49(6)18-16-30)42(34)53-27(3)22-51(44(54)43(32)53)37-12-8-10-33-35(45(55)56)24-50(7)41(33)37/h8,10,12-14,20-21,24,27,30H,9,11,15-19,22-23H2,1-7H3,(H,55,56). The van der Waals surface area contributed by atoms with Gasteiger partial charge in [-0.15, -0.1) is 0 Å². The number of carboxylic acids is 1. The van der Waals surface area contributed by atoms with Gasteiger partial charge < -0.3 is 28.8 Å². The molecule has 1 saturated heterocycles. The Balaban J connectivity index is 1.25. The zero-order valence-corrected chi connectivity index (χ0v) is 35.3. The number of carbonyl (C=O) groups excluding carboxylic acids is 1. The zero-order chi connectivity index (χ0) is 40.4. The maximum atomic E-state index is 15.2. The largest absolute Gasteiger partial charge is 0.494 e. The number of para-hydroxylation sites is 1. The number of aromatic carboxylic acids is 1. The second-order valence-electron chi connectivity index (χ2n) is 16.2. The number of hydrogen-bond donors (Lipinski definition) is 1. The second-order valence-corrected chi connectivity index (χ2v) is 17.0. The summed E-state index contributed by atoms with van der Waals surface area (Å²) in [6.07, 6.45) is 5.14. The van der Waals surface area contributed by atoms with Crippen LogP contribution < -0.4 is 9.64 Å². The highest BCUT2D eigenvalue weighted by Gasteiger charge is 2.38. The predicted octanol–water partition coefficient (Wildman–Crippen LogP) is 9.81. The van der Waals surface area contributed by atoms with Gasteiger partial charge in [-0.25, -0.2) is 4.79 Å². The minimum Gasteiger partial charge on any atom is -0.494 e. The highest BCUT2D eigenvalue weighted by Crippen LogP contribution is 2.46. The molecule has 1 atom stereocenters. The van der Waals surface area contributed by atoms with E-state index in [0.717, 1.165) is 93.4 Å². The molecular formula is C45H50Cl2N6O4. The van der Waals surface area contributed by atoms with Gasteiger partial charge in [-0.05, 0) is 127 Å². The summed E-state index contributed by atoms with van der Waals surface area (Å²) in [5, 5.41) is 18.0. The van der Waals surface area contributed by atoms with Crippen LogP contribution >= 0.6 is 23.2 Å². The first-order chi connectivity index (χ1) is 27.2. The number of nitrogens with zero attached hydrogens (tertiary/aromatic N) is 6. The minimum absolute atomic E-state index is 0.136. The topological polar surface area (TPSA) is 97.8 Å². The van der Waals surface area contributed by atoms with Crippen molar-refractivity contribution in [2.24, 2.45) is 13.0 Å². The van der Waals surface area contributed by atoms with Crippen molar-refractivity contribution >= 4 is 62.6 Å². The Labute approximate surface area is 343 Å². The SMILES string of the molecule is Cc1cc(OCCCc2c3n(c4c(-c5c(C)nn(CC6CCN(C)CC6)c5C)c(Cl)ccc24)C(C)CN(c2cccc4c(C(=O)O)cn(C)c24)C3=O)cc(C)c1Cl. The highest BCUT2D eigenvalue weighted by molar-refractivity contribution is 6.35. The third-order valence-electron chi connectivity index (χ3n) is 12.2. The van der Waals surface area contributed by atoms with E-state index in [-0.39, 0.29) is 17.5 Å². The molecule has 0 radical (unpaired) electrons. The number of halogens is 2. The van der Waals surface area contributed by atoms with Crippen molar-refractivity contribution in [3.63, 3.8) is 0 Å². The van der Waals surface area contributed by atoms with Crippen molar-refractivity contribution < 1.29 is 19.4 Å². The minimum atomic E-state index is -1.01. The molecule has 3 aromatic heterocycles. The lowest BCUT2D eigenvalue weighted by atomic mass is 9.96. The Morgan fingerprint density at radius 2 is 1.68 bits per heavy atom. The summed E-state index contributed by atoms with van der Waals surface area (Å²) in [6.45, 7) is 14.2. The monoisotopic (exact) mass is 808 g/mol. The number of hydrogen-bond acceptors (Lipinski definition) is 5. The molecule has 0 bridgehead atoms. The van der Waals surface area contributed by atoms with Crippen LogP contribution in [0.5, 0.6) is 5.75 Å². The summed E-state index contributed by atoms with van der Waals surface area (Å²) in [4.78, 5) is 31.6. The molecule has 1 N–H and O–H groups in total. The molecule has 1 fully saturated rings. The molecule has 3 aromatic carbocycles. The Bertz CT molecular complexity index is 2550. The number of carbonyl (C=O) groups is 2. The Morgan fingerprint density at radius 1 is 0.965 bits per heavy atom. The quantitative estimate of drug-likeness (QED) is 0.139. The van der Waals surface area contributed by atoms with Gasteiger partial charge in [0, 0.05) is 65.0 Å². The number of anilines is 1. The number of benzene rings is 3. The molecule has 5 heterocycles. The van der Waals surface area contributed by atoms with E-state index in [4.69, 9.17) is 33.0 Å². The van der Waals surface area contributed by atoms with E-state index in [1.165, 1.54) is 0 Å². The average Bonchev–Trinajstić information content (AvgIpc) is 3.79. The Morgan fingerprint density at radius 3 is 2.39 bits per heavy atom. The first-order valence-electron chi connectivity index (χ1n) is 19.9. The van der Waals surface area contributed by atoms with E-state index in [0.29, 0.717) is 59.2 Å². The fourth-order valence-electron chi connectivity index (χ4n) is 9.36. The maximum absolute atomic E-state index is 15.2. The number of ether oxygens (including phenoxy) is 1. The number of likely N-dealkylation sites (tertiary alicyclic amines) is 1. The van der Waals surface area contributed by atoms with Gasteiger partial charge in [-0.2, -0.15) is 5.10 Å². The Hall–Kier alpha value is -4.77. The first kappa shape index (κ1) is 39.1. The van der Waals surface area contributed by atoms with E-state index in [1.807, 2.05) is 56.1 Å². The number of fused-ring (bicyclic) bond motifs is 4. The second kappa shape index (κ2) is 15.2. The van der Waals surface area contributed by atoms with Crippen LogP contribution in [-0.4, -0.2) is 74.1 Å². The van der Waals surface area contributed by atoms with E-state index in [2.05, 4.69) is 48.0 Å². The Kier molecular flexibility index (Phi) is 10.4. The molecule has 10 nitrogen and oxygen atoms in total. The van der Waals surface area contributed by atoms with Crippen molar-refractivity contribution in [1.82, 2.24) is 23.8 Å². The van der Waals surface area contributed by atoms with Gasteiger partial charge in [0.1, 0.15) is 11.4 Å². The van der Waals surface area contributed by atoms with Gasteiger partial charge in [0.15, 0.2) is 0 Å². The van der Waals surface area contributed by atoms with Gasteiger partial charge in [0.25, 0.3) is 5.91 Å². The van der Waals surface area contributed by atoms with Crippen LogP contribution in [-0.2, 0) is 20.0 Å². The molecule has 0 aliphatic carbocycles. The van der Waals surface area contributed by atoms with Crippen LogP contribution in [0.3, 0.4) is 0 Å². The zero-order valence-electron chi connectivity index (χ0n) is 33.7. The van der Waals surface area contributed by atoms with Crippen LogP contribution in [0.1, 0.15) is 81.2 Å². The average molecular weight is 810 g/mol. The molecule has 12 heteroatoms. The van der Waals surface area contributed by atoms with Crippen LogP contribution in [0.2, 0.25) is 10.0 Å². The molecule has 2 aliphatic heterocycles. The molecule has 1 unspecified atom stereocenters. The number of amides is 1. The molecule has 0 saturated carbocycles. The summed E-state index contributed by atoms with van der Waals surface area (Å²) < 4.78 is 12.4. The van der Waals surface area contributed by atoms with Crippen molar-refractivity contribution in [3.8, 4) is 16.9 Å². The van der Waals surface area contributed by atoms with Gasteiger partial charge >= 0.3 is 5.97 Å². The lowest BCUT2D eigenvalue weighted by Gasteiger charge is -2.35. The van der Waals surface area contributed by atoms with Crippen LogP contribution in [0, 0.1) is 33.6 Å². The van der Waals surface area contributed by atoms with Gasteiger partial charge in [0.2, 0.25) is 0 Å². The smallest absolute Gasteiger partial charge is 0.337 e. The summed E-state index contributed by atoms with van der Waals surface area (Å²) in [6, 6.07) is 13.3. The molecule has 2 aliphatic rings. The third kappa shape index (κ3) is 6.79. The fraction of sp³-hybridized carbons (Fsp3) is 0.400. The lowest BCUT2D eigenvalue weighted by molar-refractivity contribution is 0.0698. The molecule has 8 rings (SSSR count). The maximum Gasteiger partial charge on any atom is 0.337 e. The summed E-state index contributed by atoms with van der Waals surface area (Å²) in [5.41, 5.74) is 9.91. The first-order valence-corrected chi connectivity index (χ1v) is 20.6. The van der Waals surface area contributed by atoms with Gasteiger partial charge in [0.05, 0.1) is 39.6 Å². The molecule has 57 heavy (non-hydrogen) atoms. The van der Waals surface area contributed by atoms with Crippen LogP contribution in [0.4, 0.5) is 5.69 Å². The van der Waals surface area contributed by atoms with E-state index in [1.54, 1.807) is 16.8 Å². The van der Waals surface area contributed by atoms with Crippen molar-refractivity contribution in [2.75, 3.05) is 38.2 Å². The highest BCUT2D eigenvalue weighted by atomic mass is 35.5. The van der Waals surface area contributed by atoms with Gasteiger partial charge in [-0.1, -0.05) is 41.4 Å². The van der Waals surface area contributed by atoms with Crippen molar-refractivity contribution in [3.05, 3.63) is 98.0 Å². The molecule has 0 spiro atoms. The number of rotatable bonds is 10. The molecule has 6 aromatic rings. The summed E-state index contributed by atoms with van der Waals surface area (Å²) in [5.74, 6) is 0.179. The van der Waals surface area contributed by atoms with E-state index in [9.17, 15) is 9.90 Å². The van der Waals surface area contributed by atoms with E-state index >= 15 is 4.79 Å². The molecule has 1 amide bonds. The van der Waals surface area contributed by atoms with Crippen LogP contribution in [0.25, 0.3) is 32.9 Å². The number of aryl methyl sites for hydroxylation is 5. The summed E-state index contributed by atoms with van der Waals surface area (Å²) >= 11 is 13.7. The lowest BCUT2D eigenvalue weighted by Crippen LogP contribution is -2.43. The number of aromatic nitrogens is 4. The van der Waals surface area contributed by atoms with E-state index < -0.39 is 5.97 Å². The number of piperidine rings is 1. The molecule has 298 valence electrons. The molecular weight excluding hydrogens is 759 g/mol. The van der Waals surface area contributed by atoms with Crippen molar-refractivity contribution in [1.29, 1.82) is 0 Å². The normalized spacial score (nSPS) is 16.6. The van der Waals surface area contributed by atoms with Crippen LogP contribution in [0.15, 0.2) is 48.7 Å². The fourth-order valence-corrected chi connectivity index (χ4v) is 9.72. The summed E-state index contributed by atoms with van der Waals surface area (Å²) in [7, 11) is 4.01.